The molecule has 0 bridgehead atoms. The molecule has 0 fully saturated rings. The molecular weight excluding hydrogens is 218 g/mol. The molecule has 4 nitrogen and oxygen atoms in total. The molecule has 17 heavy (non-hydrogen) atoms. The molecule has 0 saturated heterocycles. The van der Waals surface area contributed by atoms with Gasteiger partial charge in [-0.1, -0.05) is 30.3 Å². The number of ether oxygens (including phenoxy) is 1. The highest BCUT2D eigenvalue weighted by atomic mass is 16.5. The first-order chi connectivity index (χ1) is 8.15. The van der Waals surface area contributed by atoms with Crippen molar-refractivity contribution in [1.29, 1.82) is 0 Å². The largest absolute Gasteiger partial charge is 0.496 e. The van der Waals surface area contributed by atoms with E-state index in [1.54, 1.807) is 19.2 Å². The zero-order valence-electron chi connectivity index (χ0n) is 9.38. The summed E-state index contributed by atoms with van der Waals surface area (Å²) in [5, 5.41) is 11.3. The second-order valence-corrected chi connectivity index (χ2v) is 3.71. The number of primary amides is 1. The van der Waals surface area contributed by atoms with Crippen LogP contribution in [0.15, 0.2) is 36.4 Å². The van der Waals surface area contributed by atoms with Crippen LogP contribution in [0.4, 0.5) is 0 Å². The van der Waals surface area contributed by atoms with Crippen LogP contribution in [0.2, 0.25) is 0 Å². The third-order valence-electron chi connectivity index (χ3n) is 2.70. The molecule has 0 aliphatic heterocycles. The van der Waals surface area contributed by atoms with Crippen LogP contribution in [-0.4, -0.2) is 18.1 Å². The minimum atomic E-state index is -1.30. The lowest BCUT2D eigenvalue weighted by Crippen LogP contribution is -2.21. The third kappa shape index (κ3) is 1.94. The van der Waals surface area contributed by atoms with Gasteiger partial charge in [0.05, 0.1) is 7.11 Å². The number of hydrogen-bond donors (Lipinski definition) is 2. The van der Waals surface area contributed by atoms with Gasteiger partial charge in [0, 0.05) is 5.39 Å². The van der Waals surface area contributed by atoms with E-state index in [1.807, 2.05) is 24.3 Å². The predicted molar refractivity (Wildman–Crippen MR) is 64.7 cm³/mol. The standard InChI is InChI=1S/C13H13NO3/c1-17-11-7-6-10(12(15)13(14)16)8-4-2-3-5-9(8)11/h2-7,12,15H,1H3,(H2,14,16). The smallest absolute Gasteiger partial charge is 0.250 e. The number of amides is 1. The number of aliphatic hydroxyl groups is 1. The van der Waals surface area contributed by atoms with Crippen LogP contribution < -0.4 is 10.5 Å². The van der Waals surface area contributed by atoms with Gasteiger partial charge in [-0.05, 0) is 17.0 Å². The van der Waals surface area contributed by atoms with Gasteiger partial charge in [0.15, 0.2) is 6.10 Å². The highest BCUT2D eigenvalue weighted by Crippen LogP contribution is 2.31. The maximum Gasteiger partial charge on any atom is 0.250 e. The lowest BCUT2D eigenvalue weighted by molar-refractivity contribution is -0.126. The first-order valence-corrected chi connectivity index (χ1v) is 5.18. The van der Waals surface area contributed by atoms with Crippen molar-refractivity contribution < 1.29 is 14.6 Å². The van der Waals surface area contributed by atoms with E-state index in [4.69, 9.17) is 10.5 Å². The molecule has 0 heterocycles. The fourth-order valence-electron chi connectivity index (χ4n) is 1.86. The van der Waals surface area contributed by atoms with Crippen molar-refractivity contribution in [1.82, 2.24) is 0 Å². The molecular formula is C13H13NO3. The number of rotatable bonds is 3. The lowest BCUT2D eigenvalue weighted by atomic mass is 9.99. The average Bonchev–Trinajstić information content (AvgIpc) is 2.36. The quantitative estimate of drug-likeness (QED) is 0.837. The Morgan fingerprint density at radius 3 is 2.47 bits per heavy atom. The van der Waals surface area contributed by atoms with E-state index in [0.717, 1.165) is 10.8 Å². The Kier molecular flexibility index (Phi) is 2.97. The molecule has 0 aromatic heterocycles. The van der Waals surface area contributed by atoms with Gasteiger partial charge in [-0.25, -0.2) is 0 Å². The van der Waals surface area contributed by atoms with E-state index in [2.05, 4.69) is 0 Å². The fraction of sp³-hybridized carbons (Fsp3) is 0.154. The van der Waals surface area contributed by atoms with E-state index in [-0.39, 0.29) is 0 Å². The Bertz CT molecular complexity index is 566. The first-order valence-electron chi connectivity index (χ1n) is 5.18. The number of nitrogens with two attached hydrogens (primary N) is 1. The molecule has 3 N–H and O–H groups in total. The van der Waals surface area contributed by atoms with Gasteiger partial charge in [0.1, 0.15) is 5.75 Å². The Morgan fingerprint density at radius 1 is 1.24 bits per heavy atom. The maximum absolute atomic E-state index is 11.0. The SMILES string of the molecule is COc1ccc(C(O)C(N)=O)c2ccccc12. The molecule has 2 aromatic carbocycles. The van der Waals surface area contributed by atoms with Crippen molar-refractivity contribution in [2.24, 2.45) is 5.73 Å². The minimum Gasteiger partial charge on any atom is -0.496 e. The highest BCUT2D eigenvalue weighted by Gasteiger charge is 2.17. The molecule has 0 aliphatic rings. The van der Waals surface area contributed by atoms with Crippen molar-refractivity contribution in [3.8, 4) is 5.75 Å². The van der Waals surface area contributed by atoms with Crippen molar-refractivity contribution in [3.63, 3.8) is 0 Å². The molecule has 4 heteroatoms. The highest BCUT2D eigenvalue weighted by molar-refractivity contribution is 5.94. The summed E-state index contributed by atoms with van der Waals surface area (Å²) in [5.74, 6) is -0.0682. The number of aliphatic hydroxyl groups excluding tert-OH is 1. The Hall–Kier alpha value is -2.07. The molecule has 1 atom stereocenters. The molecule has 2 aromatic rings. The topological polar surface area (TPSA) is 72.6 Å². The van der Waals surface area contributed by atoms with E-state index >= 15 is 0 Å². The van der Waals surface area contributed by atoms with E-state index < -0.39 is 12.0 Å². The van der Waals surface area contributed by atoms with Crippen molar-refractivity contribution in [2.75, 3.05) is 7.11 Å². The summed E-state index contributed by atoms with van der Waals surface area (Å²) in [6.07, 6.45) is -1.30. The van der Waals surface area contributed by atoms with Crippen molar-refractivity contribution in [3.05, 3.63) is 42.0 Å². The normalized spacial score (nSPS) is 12.4. The molecule has 0 spiro atoms. The van der Waals surface area contributed by atoms with Crippen molar-refractivity contribution in [2.45, 2.75) is 6.10 Å². The molecule has 0 radical (unpaired) electrons. The fourth-order valence-corrected chi connectivity index (χ4v) is 1.86. The molecule has 0 saturated carbocycles. The molecule has 88 valence electrons. The van der Waals surface area contributed by atoms with Crippen LogP contribution >= 0.6 is 0 Å². The summed E-state index contributed by atoms with van der Waals surface area (Å²) in [5.41, 5.74) is 5.60. The van der Waals surface area contributed by atoms with Crippen LogP contribution in [0, 0.1) is 0 Å². The Morgan fingerprint density at radius 2 is 1.88 bits per heavy atom. The van der Waals surface area contributed by atoms with Crippen molar-refractivity contribution >= 4 is 16.7 Å². The monoisotopic (exact) mass is 231 g/mol. The summed E-state index contributed by atoms with van der Waals surface area (Å²) >= 11 is 0. The summed E-state index contributed by atoms with van der Waals surface area (Å²) in [6.45, 7) is 0. The summed E-state index contributed by atoms with van der Waals surface area (Å²) < 4.78 is 5.22. The zero-order chi connectivity index (χ0) is 12.4. The third-order valence-corrected chi connectivity index (χ3v) is 2.70. The van der Waals surface area contributed by atoms with Crippen LogP contribution in [0.3, 0.4) is 0 Å². The van der Waals surface area contributed by atoms with E-state index in [9.17, 15) is 9.90 Å². The van der Waals surface area contributed by atoms with Crippen LogP contribution in [0.25, 0.3) is 10.8 Å². The van der Waals surface area contributed by atoms with E-state index in [1.165, 1.54) is 0 Å². The van der Waals surface area contributed by atoms with Crippen LogP contribution in [-0.2, 0) is 4.79 Å². The Labute approximate surface area is 98.6 Å². The number of carbonyl (C=O) groups excluding carboxylic acids is 1. The first kappa shape index (κ1) is 11.4. The van der Waals surface area contributed by atoms with Crippen LogP contribution in [0.5, 0.6) is 5.75 Å². The van der Waals surface area contributed by atoms with Gasteiger partial charge in [-0.2, -0.15) is 0 Å². The molecule has 2 rings (SSSR count). The number of benzene rings is 2. The van der Waals surface area contributed by atoms with Gasteiger partial charge in [0.25, 0.3) is 5.91 Å². The van der Waals surface area contributed by atoms with E-state index in [0.29, 0.717) is 11.3 Å². The second kappa shape index (κ2) is 4.43. The molecule has 0 aliphatic carbocycles. The van der Waals surface area contributed by atoms with Gasteiger partial charge >= 0.3 is 0 Å². The van der Waals surface area contributed by atoms with Gasteiger partial charge in [-0.3, -0.25) is 4.79 Å². The molecule has 1 amide bonds. The van der Waals surface area contributed by atoms with Crippen LogP contribution in [0.1, 0.15) is 11.7 Å². The maximum atomic E-state index is 11.0. The predicted octanol–water partition coefficient (Wildman–Crippen LogP) is 1.37. The number of hydrogen-bond acceptors (Lipinski definition) is 3. The number of carbonyl (C=O) groups is 1. The number of fused-ring (bicyclic) bond motifs is 1. The lowest BCUT2D eigenvalue weighted by Gasteiger charge is -2.13. The summed E-state index contributed by atoms with van der Waals surface area (Å²) in [7, 11) is 1.58. The summed E-state index contributed by atoms with van der Waals surface area (Å²) in [6, 6.07) is 10.7. The Balaban J connectivity index is 2.70. The second-order valence-electron chi connectivity index (χ2n) is 3.71. The molecule has 1 unspecified atom stereocenters. The average molecular weight is 231 g/mol. The number of methoxy groups -OCH3 is 1. The minimum absolute atomic E-state index is 0.494. The zero-order valence-corrected chi connectivity index (χ0v) is 9.38. The van der Waals surface area contributed by atoms with Gasteiger partial charge in [-0.15, -0.1) is 0 Å². The van der Waals surface area contributed by atoms with Gasteiger partial charge in [0.2, 0.25) is 0 Å². The summed E-state index contributed by atoms with van der Waals surface area (Å²) in [4.78, 5) is 11.0. The van der Waals surface area contributed by atoms with Gasteiger partial charge < -0.3 is 15.6 Å².